The molecule has 0 saturated carbocycles. The van der Waals surface area contributed by atoms with Gasteiger partial charge in [0.2, 0.25) is 0 Å². The first kappa shape index (κ1) is 12.1. The number of benzene rings is 1. The molecule has 0 aliphatic rings. The molecular weight excluding hydrogens is 212 g/mol. The summed E-state index contributed by atoms with van der Waals surface area (Å²) in [5.74, 6) is 0.733. The summed E-state index contributed by atoms with van der Waals surface area (Å²) in [6, 6.07) is 6.02. The highest BCUT2D eigenvalue weighted by molar-refractivity contribution is 5.76. The van der Waals surface area contributed by atoms with Crippen molar-refractivity contribution in [1.29, 1.82) is 0 Å². The molecule has 0 aliphatic carbocycles. The van der Waals surface area contributed by atoms with E-state index in [1.54, 1.807) is 0 Å². The van der Waals surface area contributed by atoms with Gasteiger partial charge in [-0.15, -0.1) is 0 Å². The smallest absolute Gasteiger partial charge is 0.197 e. The van der Waals surface area contributed by atoms with Crippen LogP contribution in [0.1, 0.15) is 32.2 Å². The minimum atomic E-state index is 0.0517. The molecule has 1 unspecified atom stereocenters. The molecule has 0 radical (unpaired) electrons. The Balaban J connectivity index is 2.29. The van der Waals surface area contributed by atoms with Gasteiger partial charge in [-0.2, -0.15) is 0 Å². The van der Waals surface area contributed by atoms with Crippen molar-refractivity contribution in [1.82, 2.24) is 4.98 Å². The summed E-state index contributed by atoms with van der Waals surface area (Å²) < 4.78 is 5.72. The van der Waals surface area contributed by atoms with Gasteiger partial charge in [0, 0.05) is 12.5 Å². The fourth-order valence-electron chi connectivity index (χ4n) is 1.71. The monoisotopic (exact) mass is 232 g/mol. The number of nitrogens with two attached hydrogens (primary N) is 1. The van der Waals surface area contributed by atoms with Gasteiger partial charge in [-0.25, -0.2) is 4.98 Å². The van der Waals surface area contributed by atoms with Crippen LogP contribution in [0, 0.1) is 12.3 Å². The van der Waals surface area contributed by atoms with Gasteiger partial charge >= 0.3 is 0 Å². The first-order chi connectivity index (χ1) is 7.88. The zero-order chi connectivity index (χ0) is 12.6. The molecule has 2 N–H and O–H groups in total. The van der Waals surface area contributed by atoms with Crippen LogP contribution in [0.5, 0.6) is 0 Å². The third-order valence-corrected chi connectivity index (χ3v) is 3.17. The molecule has 0 saturated heterocycles. The molecule has 1 aromatic heterocycles. The molecule has 0 amide bonds. The van der Waals surface area contributed by atoms with Crippen LogP contribution in [0.15, 0.2) is 22.6 Å². The van der Waals surface area contributed by atoms with Crippen LogP contribution in [-0.2, 0) is 6.42 Å². The summed E-state index contributed by atoms with van der Waals surface area (Å²) in [5.41, 5.74) is 9.14. The third-order valence-electron chi connectivity index (χ3n) is 3.17. The first-order valence-electron chi connectivity index (χ1n) is 5.98. The van der Waals surface area contributed by atoms with E-state index in [1.807, 2.05) is 25.1 Å². The van der Waals surface area contributed by atoms with E-state index in [0.717, 1.165) is 22.6 Å². The van der Waals surface area contributed by atoms with Gasteiger partial charge in [0.05, 0.1) is 0 Å². The maximum absolute atomic E-state index is 6.14. The molecule has 2 rings (SSSR count). The normalized spacial score (nSPS) is 14.2. The summed E-state index contributed by atoms with van der Waals surface area (Å²) in [4.78, 5) is 4.52. The van der Waals surface area contributed by atoms with Crippen molar-refractivity contribution >= 4 is 11.1 Å². The van der Waals surface area contributed by atoms with Gasteiger partial charge in [-0.1, -0.05) is 32.9 Å². The fraction of sp³-hybridized carbons (Fsp3) is 0.500. The summed E-state index contributed by atoms with van der Waals surface area (Å²) in [6.07, 6.45) is 0.678. The molecular formula is C14H20N2O. The van der Waals surface area contributed by atoms with Crippen molar-refractivity contribution in [2.75, 3.05) is 0 Å². The molecule has 0 spiro atoms. The van der Waals surface area contributed by atoms with Crippen LogP contribution < -0.4 is 5.73 Å². The molecule has 2 aromatic rings. The summed E-state index contributed by atoms with van der Waals surface area (Å²) >= 11 is 0. The van der Waals surface area contributed by atoms with Crippen LogP contribution in [0.3, 0.4) is 0 Å². The number of oxazole rings is 1. The minimum absolute atomic E-state index is 0.0517. The van der Waals surface area contributed by atoms with E-state index in [9.17, 15) is 0 Å². The van der Waals surface area contributed by atoms with Gasteiger partial charge < -0.3 is 10.2 Å². The van der Waals surface area contributed by atoms with E-state index in [2.05, 4.69) is 25.8 Å². The van der Waals surface area contributed by atoms with Crippen molar-refractivity contribution < 1.29 is 4.42 Å². The van der Waals surface area contributed by atoms with Gasteiger partial charge in [-0.3, -0.25) is 0 Å². The second-order valence-corrected chi connectivity index (χ2v) is 5.71. The maximum atomic E-state index is 6.14. The predicted octanol–water partition coefficient (Wildman–Crippen LogP) is 3.05. The quantitative estimate of drug-likeness (QED) is 0.865. The molecule has 3 nitrogen and oxygen atoms in total. The minimum Gasteiger partial charge on any atom is -0.441 e. The summed E-state index contributed by atoms with van der Waals surface area (Å²) in [7, 11) is 0. The van der Waals surface area contributed by atoms with Crippen LogP contribution >= 0.6 is 0 Å². The Hall–Kier alpha value is -1.35. The second kappa shape index (κ2) is 4.15. The Bertz CT molecular complexity index is 522. The van der Waals surface area contributed by atoms with E-state index < -0.39 is 0 Å². The van der Waals surface area contributed by atoms with Gasteiger partial charge in [0.15, 0.2) is 11.5 Å². The highest BCUT2D eigenvalue weighted by atomic mass is 16.3. The largest absolute Gasteiger partial charge is 0.441 e. The lowest BCUT2D eigenvalue weighted by Gasteiger charge is -2.25. The van der Waals surface area contributed by atoms with Crippen LogP contribution in [-0.4, -0.2) is 11.0 Å². The molecule has 17 heavy (non-hydrogen) atoms. The molecule has 1 heterocycles. The lowest BCUT2D eigenvalue weighted by molar-refractivity contribution is 0.303. The Morgan fingerprint density at radius 1 is 1.35 bits per heavy atom. The number of nitrogens with zero attached hydrogens (tertiary/aromatic N) is 1. The number of hydrogen-bond donors (Lipinski definition) is 1. The fourth-order valence-corrected chi connectivity index (χ4v) is 1.71. The van der Waals surface area contributed by atoms with Gasteiger partial charge in [0.1, 0.15) is 5.52 Å². The highest BCUT2D eigenvalue weighted by Gasteiger charge is 2.23. The molecule has 0 bridgehead atoms. The van der Waals surface area contributed by atoms with Gasteiger partial charge in [0.25, 0.3) is 0 Å². The first-order valence-corrected chi connectivity index (χ1v) is 5.98. The summed E-state index contributed by atoms with van der Waals surface area (Å²) in [5, 5.41) is 0. The van der Waals surface area contributed by atoms with E-state index in [-0.39, 0.29) is 11.5 Å². The maximum Gasteiger partial charge on any atom is 0.197 e. The lowest BCUT2D eigenvalue weighted by Crippen LogP contribution is -2.36. The van der Waals surface area contributed by atoms with Crippen molar-refractivity contribution in [3.8, 4) is 0 Å². The number of para-hydroxylation sites is 1. The Labute approximate surface area is 102 Å². The summed E-state index contributed by atoms with van der Waals surface area (Å²) in [6.45, 7) is 8.43. The van der Waals surface area contributed by atoms with E-state index in [4.69, 9.17) is 10.2 Å². The lowest BCUT2D eigenvalue weighted by atomic mass is 9.85. The number of hydrogen-bond acceptors (Lipinski definition) is 3. The molecule has 1 atom stereocenters. The van der Waals surface area contributed by atoms with Crippen molar-refractivity contribution in [3.63, 3.8) is 0 Å². The topological polar surface area (TPSA) is 52.0 Å². The van der Waals surface area contributed by atoms with Crippen LogP contribution in [0.4, 0.5) is 0 Å². The van der Waals surface area contributed by atoms with Crippen LogP contribution in [0.2, 0.25) is 0 Å². The Morgan fingerprint density at radius 2 is 2.06 bits per heavy atom. The predicted molar refractivity (Wildman–Crippen MR) is 69.9 cm³/mol. The number of fused-ring (bicyclic) bond motifs is 1. The Morgan fingerprint density at radius 3 is 2.65 bits per heavy atom. The van der Waals surface area contributed by atoms with Crippen molar-refractivity contribution in [2.24, 2.45) is 11.1 Å². The molecule has 92 valence electrons. The molecule has 0 aliphatic heterocycles. The SMILES string of the molecule is Cc1cccc2oc(CC(N)C(C)(C)C)nc12. The highest BCUT2D eigenvalue weighted by Crippen LogP contribution is 2.23. The van der Waals surface area contributed by atoms with Crippen LogP contribution in [0.25, 0.3) is 11.1 Å². The van der Waals surface area contributed by atoms with E-state index in [1.165, 1.54) is 0 Å². The van der Waals surface area contributed by atoms with Crippen molar-refractivity contribution in [2.45, 2.75) is 40.2 Å². The number of aryl methyl sites for hydroxylation is 1. The second-order valence-electron chi connectivity index (χ2n) is 5.71. The zero-order valence-corrected chi connectivity index (χ0v) is 10.9. The molecule has 3 heteroatoms. The zero-order valence-electron chi connectivity index (χ0n) is 10.9. The van der Waals surface area contributed by atoms with E-state index >= 15 is 0 Å². The third kappa shape index (κ3) is 2.50. The molecule has 0 fully saturated rings. The average molecular weight is 232 g/mol. The number of rotatable bonds is 2. The average Bonchev–Trinajstić information content (AvgIpc) is 2.60. The van der Waals surface area contributed by atoms with Gasteiger partial charge in [-0.05, 0) is 24.0 Å². The number of aromatic nitrogens is 1. The van der Waals surface area contributed by atoms with E-state index in [0.29, 0.717) is 6.42 Å². The Kier molecular flexibility index (Phi) is 2.96. The standard InChI is InChI=1S/C14H20N2O/c1-9-6-5-7-10-13(9)16-12(17-10)8-11(15)14(2,3)4/h5-7,11H,8,15H2,1-4H3. The molecule has 1 aromatic carbocycles. The van der Waals surface area contributed by atoms with Crippen molar-refractivity contribution in [3.05, 3.63) is 29.7 Å².